The van der Waals surface area contributed by atoms with Gasteiger partial charge in [-0.3, -0.25) is 9.29 Å². The molecular formula is C27H32FNO3. The fourth-order valence-electron chi connectivity index (χ4n) is 4.71. The van der Waals surface area contributed by atoms with E-state index < -0.39 is 0 Å². The van der Waals surface area contributed by atoms with E-state index in [0.29, 0.717) is 17.9 Å². The number of rotatable bonds is 7. The average Bonchev–Trinajstić information content (AvgIpc) is 3.19. The molecule has 0 saturated carbocycles. The molecule has 1 unspecified atom stereocenters. The number of benzene rings is 2. The summed E-state index contributed by atoms with van der Waals surface area (Å²) >= 11 is 0. The number of fused-ring (bicyclic) bond motifs is 1. The molecule has 2 aliphatic rings. The van der Waals surface area contributed by atoms with Crippen molar-refractivity contribution in [3.63, 3.8) is 0 Å². The molecule has 2 aromatic rings. The molecule has 32 heavy (non-hydrogen) atoms. The highest BCUT2D eigenvalue weighted by atomic mass is 19.1. The molecule has 1 aliphatic carbocycles. The zero-order valence-corrected chi connectivity index (χ0v) is 19.0. The SMILES string of the molecule is COC(=O)c1ccc2c(c1)CCC(C)C=C2c1cccc(O[C@@H]2CCN(CCCF)C2)c1. The van der Waals surface area contributed by atoms with Gasteiger partial charge in [0.1, 0.15) is 11.9 Å². The number of methoxy groups -OCH3 is 1. The van der Waals surface area contributed by atoms with Crippen molar-refractivity contribution in [3.05, 3.63) is 70.8 Å². The molecule has 4 nitrogen and oxygen atoms in total. The Morgan fingerprint density at radius 3 is 2.88 bits per heavy atom. The fourth-order valence-corrected chi connectivity index (χ4v) is 4.71. The number of aryl methyl sites for hydroxylation is 1. The lowest BCUT2D eigenvalue weighted by Gasteiger charge is -2.18. The van der Waals surface area contributed by atoms with Crippen LogP contribution in [0.5, 0.6) is 5.75 Å². The van der Waals surface area contributed by atoms with Gasteiger partial charge >= 0.3 is 5.97 Å². The van der Waals surface area contributed by atoms with Crippen molar-refractivity contribution in [2.24, 2.45) is 5.92 Å². The first-order valence-electron chi connectivity index (χ1n) is 11.6. The van der Waals surface area contributed by atoms with Crippen LogP contribution in [0, 0.1) is 5.92 Å². The van der Waals surface area contributed by atoms with Gasteiger partial charge in [0.05, 0.1) is 19.3 Å². The number of likely N-dealkylation sites (tertiary alicyclic amines) is 1. The quantitative estimate of drug-likeness (QED) is 0.551. The molecule has 0 aromatic heterocycles. The second kappa shape index (κ2) is 10.3. The Bertz CT molecular complexity index is 987. The fraction of sp³-hybridized carbons (Fsp3) is 0.444. The summed E-state index contributed by atoms with van der Waals surface area (Å²) in [6.07, 6.45) is 5.99. The third kappa shape index (κ3) is 5.21. The molecule has 2 atom stereocenters. The molecule has 0 spiro atoms. The number of hydrogen-bond acceptors (Lipinski definition) is 4. The lowest BCUT2D eigenvalue weighted by atomic mass is 9.92. The average molecular weight is 438 g/mol. The van der Waals surface area contributed by atoms with Crippen LogP contribution in [0.4, 0.5) is 4.39 Å². The standard InChI is InChI=1S/C27H32FNO3/c1-19-7-8-21-16-22(27(30)31-2)9-10-25(21)26(15-19)20-5-3-6-23(17-20)32-24-11-14-29(18-24)13-4-12-28/h3,5-6,9-10,15-17,19,24H,4,7-8,11-14,18H2,1-2H3/t19?,24-/m1/s1. The van der Waals surface area contributed by atoms with E-state index in [4.69, 9.17) is 9.47 Å². The Balaban J connectivity index is 1.56. The molecule has 5 heteroatoms. The lowest BCUT2D eigenvalue weighted by molar-refractivity contribution is 0.0600. The van der Waals surface area contributed by atoms with E-state index in [2.05, 4.69) is 30.0 Å². The second-order valence-corrected chi connectivity index (χ2v) is 8.86. The van der Waals surface area contributed by atoms with Gasteiger partial charge in [-0.15, -0.1) is 0 Å². The molecule has 0 N–H and O–H groups in total. The highest BCUT2D eigenvalue weighted by Crippen LogP contribution is 2.35. The lowest BCUT2D eigenvalue weighted by Crippen LogP contribution is -2.26. The van der Waals surface area contributed by atoms with E-state index in [0.717, 1.165) is 55.8 Å². The first-order chi connectivity index (χ1) is 15.6. The number of halogens is 1. The van der Waals surface area contributed by atoms with Crippen molar-refractivity contribution in [2.45, 2.75) is 38.7 Å². The van der Waals surface area contributed by atoms with Gasteiger partial charge in [0.2, 0.25) is 0 Å². The van der Waals surface area contributed by atoms with Crippen LogP contribution in [0.2, 0.25) is 0 Å². The number of hydrogen-bond donors (Lipinski definition) is 0. The van der Waals surface area contributed by atoms with Crippen LogP contribution in [0.1, 0.15) is 53.2 Å². The number of carbonyl (C=O) groups excluding carboxylic acids is 1. The van der Waals surface area contributed by atoms with E-state index >= 15 is 0 Å². The van der Waals surface area contributed by atoms with Crippen molar-refractivity contribution < 1.29 is 18.7 Å². The van der Waals surface area contributed by atoms with Crippen LogP contribution in [0.25, 0.3) is 5.57 Å². The number of alkyl halides is 1. The molecule has 0 bridgehead atoms. The maximum Gasteiger partial charge on any atom is 0.337 e. The zero-order chi connectivity index (χ0) is 22.5. The Morgan fingerprint density at radius 1 is 1.19 bits per heavy atom. The van der Waals surface area contributed by atoms with Gasteiger partial charge in [0.15, 0.2) is 0 Å². The summed E-state index contributed by atoms with van der Waals surface area (Å²) in [4.78, 5) is 14.3. The van der Waals surface area contributed by atoms with Gasteiger partial charge in [-0.25, -0.2) is 4.79 Å². The van der Waals surface area contributed by atoms with E-state index in [-0.39, 0.29) is 18.7 Å². The summed E-state index contributed by atoms with van der Waals surface area (Å²) in [5, 5.41) is 0. The minimum absolute atomic E-state index is 0.141. The number of nitrogens with zero attached hydrogens (tertiary/aromatic N) is 1. The maximum atomic E-state index is 12.5. The molecule has 0 radical (unpaired) electrons. The van der Waals surface area contributed by atoms with Gasteiger partial charge in [0.25, 0.3) is 0 Å². The molecule has 0 amide bonds. The van der Waals surface area contributed by atoms with Crippen molar-refractivity contribution in [1.29, 1.82) is 0 Å². The second-order valence-electron chi connectivity index (χ2n) is 8.86. The molecule has 1 heterocycles. The van der Waals surface area contributed by atoms with Crippen LogP contribution in [-0.4, -0.2) is 50.4 Å². The van der Waals surface area contributed by atoms with E-state index in [9.17, 15) is 9.18 Å². The zero-order valence-electron chi connectivity index (χ0n) is 19.0. The van der Waals surface area contributed by atoms with Crippen LogP contribution in [-0.2, 0) is 11.2 Å². The monoisotopic (exact) mass is 437 g/mol. The Kier molecular flexibility index (Phi) is 7.26. The summed E-state index contributed by atoms with van der Waals surface area (Å²) in [7, 11) is 1.41. The predicted octanol–water partition coefficient (Wildman–Crippen LogP) is 5.30. The number of carbonyl (C=O) groups is 1. The Hall–Kier alpha value is -2.66. The minimum Gasteiger partial charge on any atom is -0.489 e. The molecular weight excluding hydrogens is 405 g/mol. The topological polar surface area (TPSA) is 38.8 Å². The highest BCUT2D eigenvalue weighted by Gasteiger charge is 2.24. The van der Waals surface area contributed by atoms with Crippen molar-refractivity contribution in [3.8, 4) is 5.75 Å². The van der Waals surface area contributed by atoms with Gasteiger partial charge in [-0.05, 0) is 78.1 Å². The van der Waals surface area contributed by atoms with Crippen LogP contribution in [0.3, 0.4) is 0 Å². The molecule has 170 valence electrons. The Labute approximate surface area is 190 Å². The summed E-state index contributed by atoms with van der Waals surface area (Å²) in [6, 6.07) is 14.1. The molecule has 1 fully saturated rings. The highest BCUT2D eigenvalue weighted by molar-refractivity contribution is 5.91. The number of allylic oxidation sites excluding steroid dienone is 1. The van der Waals surface area contributed by atoms with Crippen LogP contribution in [0.15, 0.2) is 48.5 Å². The molecule has 1 saturated heterocycles. The van der Waals surface area contributed by atoms with Gasteiger partial charge in [-0.2, -0.15) is 0 Å². The number of ether oxygens (including phenoxy) is 2. The van der Waals surface area contributed by atoms with Crippen LogP contribution >= 0.6 is 0 Å². The summed E-state index contributed by atoms with van der Waals surface area (Å²) in [5.41, 5.74) is 5.24. The maximum absolute atomic E-state index is 12.5. The minimum atomic E-state index is -0.303. The van der Waals surface area contributed by atoms with E-state index in [1.165, 1.54) is 18.2 Å². The van der Waals surface area contributed by atoms with Gasteiger partial charge in [-0.1, -0.05) is 31.2 Å². The molecule has 4 rings (SSSR count). The first kappa shape index (κ1) is 22.5. The third-order valence-corrected chi connectivity index (χ3v) is 6.42. The summed E-state index contributed by atoms with van der Waals surface area (Å²) in [6.45, 7) is 4.58. The van der Waals surface area contributed by atoms with Gasteiger partial charge in [0, 0.05) is 19.6 Å². The largest absolute Gasteiger partial charge is 0.489 e. The molecule has 1 aliphatic heterocycles. The third-order valence-electron chi connectivity index (χ3n) is 6.42. The van der Waals surface area contributed by atoms with Crippen molar-refractivity contribution in [2.75, 3.05) is 33.4 Å². The summed E-state index contributed by atoms with van der Waals surface area (Å²) < 4.78 is 23.7. The normalized spacial score (nSPS) is 20.9. The van der Waals surface area contributed by atoms with Crippen molar-refractivity contribution in [1.82, 2.24) is 4.90 Å². The van der Waals surface area contributed by atoms with E-state index in [1.807, 2.05) is 30.3 Å². The smallest absolute Gasteiger partial charge is 0.337 e. The van der Waals surface area contributed by atoms with Crippen LogP contribution < -0.4 is 4.74 Å². The summed E-state index contributed by atoms with van der Waals surface area (Å²) in [5.74, 6) is 0.996. The number of esters is 1. The Morgan fingerprint density at radius 2 is 2.06 bits per heavy atom. The molecule has 2 aromatic carbocycles. The van der Waals surface area contributed by atoms with Crippen molar-refractivity contribution >= 4 is 11.5 Å². The van der Waals surface area contributed by atoms with E-state index in [1.54, 1.807) is 0 Å². The van der Waals surface area contributed by atoms with Gasteiger partial charge < -0.3 is 9.47 Å². The predicted molar refractivity (Wildman–Crippen MR) is 125 cm³/mol. The first-order valence-corrected chi connectivity index (χ1v) is 11.6.